The van der Waals surface area contributed by atoms with Crippen molar-refractivity contribution in [3.63, 3.8) is 0 Å². The van der Waals surface area contributed by atoms with Crippen molar-refractivity contribution in [3.05, 3.63) is 53.5 Å². The smallest absolute Gasteiger partial charge is 0.277 e. The molecule has 31 heavy (non-hydrogen) atoms. The number of aryl methyl sites for hydroxylation is 1. The van der Waals surface area contributed by atoms with E-state index in [-0.39, 0.29) is 5.56 Å². The molecule has 0 saturated carbocycles. The number of aromatic nitrogens is 3. The minimum Gasteiger partial charge on any atom is -0.350 e. The summed E-state index contributed by atoms with van der Waals surface area (Å²) in [7, 11) is 2.03. The van der Waals surface area contributed by atoms with Gasteiger partial charge >= 0.3 is 0 Å². The first-order chi connectivity index (χ1) is 15.1. The third kappa shape index (κ3) is 4.50. The number of hydrogen-bond donors (Lipinski definition) is 3. The van der Waals surface area contributed by atoms with Crippen LogP contribution in [0.15, 0.2) is 36.8 Å². The molecular formula is C22H25N7O2. The summed E-state index contributed by atoms with van der Waals surface area (Å²) < 4.78 is 2.10. The molecule has 0 radical (unpaired) electrons. The van der Waals surface area contributed by atoms with Crippen LogP contribution in [0.2, 0.25) is 0 Å². The Balaban J connectivity index is 1.29. The molecule has 1 saturated heterocycles. The van der Waals surface area contributed by atoms with Crippen LogP contribution in [-0.4, -0.2) is 45.3 Å². The van der Waals surface area contributed by atoms with Crippen molar-refractivity contribution in [2.24, 2.45) is 13.0 Å². The molecule has 0 unspecified atom stereocenters. The number of anilines is 1. The summed E-state index contributed by atoms with van der Waals surface area (Å²) in [4.78, 5) is 22.0. The van der Waals surface area contributed by atoms with Gasteiger partial charge in [-0.2, -0.15) is 5.26 Å². The number of carbonyl (C=O) groups is 1. The summed E-state index contributed by atoms with van der Waals surface area (Å²) in [6.45, 7) is 3.41. The molecule has 0 bridgehead atoms. The third-order valence-corrected chi connectivity index (χ3v) is 5.85. The van der Waals surface area contributed by atoms with Crippen LogP contribution in [0.3, 0.4) is 0 Å². The largest absolute Gasteiger partial charge is 0.350 e. The Labute approximate surface area is 180 Å². The van der Waals surface area contributed by atoms with Crippen molar-refractivity contribution in [1.82, 2.24) is 25.3 Å². The van der Waals surface area contributed by atoms with Gasteiger partial charge in [0, 0.05) is 56.2 Å². The molecule has 9 heteroatoms. The highest BCUT2D eigenvalue weighted by molar-refractivity contribution is 5.92. The lowest BCUT2D eigenvalue weighted by molar-refractivity contribution is 0.0705. The summed E-state index contributed by atoms with van der Waals surface area (Å²) >= 11 is 0. The minimum absolute atomic E-state index is 0.223. The van der Waals surface area contributed by atoms with Gasteiger partial charge < -0.3 is 14.8 Å². The lowest BCUT2D eigenvalue weighted by Gasteiger charge is -2.32. The highest BCUT2D eigenvalue weighted by Crippen LogP contribution is 2.23. The number of hydrogen-bond acceptors (Lipinski definition) is 7. The van der Waals surface area contributed by atoms with Crippen LogP contribution in [0, 0.1) is 17.2 Å². The van der Waals surface area contributed by atoms with E-state index in [1.807, 2.05) is 25.2 Å². The Bertz CT molecular complexity index is 1110. The van der Waals surface area contributed by atoms with Gasteiger partial charge in [0.15, 0.2) is 0 Å². The van der Waals surface area contributed by atoms with Crippen molar-refractivity contribution in [1.29, 1.82) is 5.26 Å². The summed E-state index contributed by atoms with van der Waals surface area (Å²) in [5.74, 6) is 0.552. The quantitative estimate of drug-likeness (QED) is 0.413. The van der Waals surface area contributed by atoms with Gasteiger partial charge in [-0.3, -0.25) is 10.0 Å². The molecule has 3 N–H and O–H groups in total. The Morgan fingerprint density at radius 3 is 2.71 bits per heavy atom. The van der Waals surface area contributed by atoms with Crippen LogP contribution in [0.1, 0.15) is 34.3 Å². The maximum absolute atomic E-state index is 11.4. The number of rotatable bonds is 6. The average molecular weight is 419 g/mol. The fourth-order valence-corrected chi connectivity index (χ4v) is 4.10. The van der Waals surface area contributed by atoms with Crippen LogP contribution in [-0.2, 0) is 13.6 Å². The molecule has 1 aromatic carbocycles. The van der Waals surface area contributed by atoms with Gasteiger partial charge in [-0.25, -0.2) is 15.4 Å². The lowest BCUT2D eigenvalue weighted by atomic mass is 9.97. The number of piperidine rings is 1. The fourth-order valence-electron chi connectivity index (χ4n) is 4.10. The van der Waals surface area contributed by atoms with Gasteiger partial charge in [0.05, 0.1) is 17.2 Å². The zero-order valence-electron chi connectivity index (χ0n) is 17.4. The van der Waals surface area contributed by atoms with E-state index in [0.29, 0.717) is 17.4 Å². The van der Waals surface area contributed by atoms with Gasteiger partial charge in [0.2, 0.25) is 5.95 Å². The fraction of sp³-hybridized carbons (Fsp3) is 0.364. The summed E-state index contributed by atoms with van der Waals surface area (Å²) in [6, 6.07) is 8.03. The summed E-state index contributed by atoms with van der Waals surface area (Å²) in [6.07, 6.45) is 7.03. The molecular weight excluding hydrogens is 394 g/mol. The SMILES string of the molecule is Cn1cc(CNCC2CCN(c3ncc(C(=O)NO)cn3)CC2)c2cc(C#N)ccc21. The lowest BCUT2D eigenvalue weighted by Crippen LogP contribution is -2.38. The van der Waals surface area contributed by atoms with Crippen LogP contribution in [0.5, 0.6) is 0 Å². The molecule has 3 aromatic rings. The van der Waals surface area contributed by atoms with E-state index >= 15 is 0 Å². The molecule has 1 aliphatic heterocycles. The minimum atomic E-state index is -0.619. The first kappa shape index (κ1) is 20.8. The van der Waals surface area contributed by atoms with E-state index in [1.165, 1.54) is 18.0 Å². The predicted octanol–water partition coefficient (Wildman–Crippen LogP) is 1.97. The third-order valence-electron chi connectivity index (χ3n) is 5.85. The van der Waals surface area contributed by atoms with Crippen LogP contribution in [0.4, 0.5) is 5.95 Å². The van der Waals surface area contributed by atoms with Gasteiger partial charge in [-0.15, -0.1) is 0 Å². The molecule has 3 heterocycles. The Morgan fingerprint density at radius 2 is 2.03 bits per heavy atom. The molecule has 1 amide bonds. The number of carbonyl (C=O) groups excluding carboxylic acids is 1. The van der Waals surface area contributed by atoms with Crippen LogP contribution in [0.25, 0.3) is 10.9 Å². The van der Waals surface area contributed by atoms with Crippen LogP contribution >= 0.6 is 0 Å². The number of nitriles is 1. The Hall–Kier alpha value is -3.48. The second kappa shape index (κ2) is 9.12. The van der Waals surface area contributed by atoms with Gasteiger partial charge in [0.1, 0.15) is 0 Å². The molecule has 2 aromatic heterocycles. The maximum atomic E-state index is 11.4. The number of nitrogens with zero attached hydrogens (tertiary/aromatic N) is 5. The van der Waals surface area contributed by atoms with Crippen molar-refractivity contribution in [3.8, 4) is 6.07 Å². The van der Waals surface area contributed by atoms with Gasteiger partial charge in [0.25, 0.3) is 5.91 Å². The van der Waals surface area contributed by atoms with E-state index in [2.05, 4.69) is 37.0 Å². The highest BCUT2D eigenvalue weighted by Gasteiger charge is 2.21. The number of nitrogens with one attached hydrogen (secondary N) is 2. The molecule has 9 nitrogen and oxygen atoms in total. The van der Waals surface area contributed by atoms with Crippen molar-refractivity contribution in [2.45, 2.75) is 19.4 Å². The van der Waals surface area contributed by atoms with E-state index in [1.54, 1.807) is 5.48 Å². The second-order valence-electron chi connectivity index (χ2n) is 7.88. The summed E-state index contributed by atoms with van der Waals surface area (Å²) in [5.41, 5.74) is 4.81. The molecule has 4 rings (SSSR count). The Kier molecular flexibility index (Phi) is 6.11. The van der Waals surface area contributed by atoms with E-state index in [9.17, 15) is 10.1 Å². The van der Waals surface area contributed by atoms with Crippen molar-refractivity contribution in [2.75, 3.05) is 24.5 Å². The van der Waals surface area contributed by atoms with Crippen molar-refractivity contribution < 1.29 is 10.0 Å². The van der Waals surface area contributed by atoms with Gasteiger partial charge in [-0.1, -0.05) is 0 Å². The monoisotopic (exact) mass is 419 g/mol. The molecule has 0 atom stereocenters. The summed E-state index contributed by atoms with van der Waals surface area (Å²) in [5, 5.41) is 22.6. The molecule has 160 valence electrons. The molecule has 1 fully saturated rings. The topological polar surface area (TPSA) is 119 Å². The number of fused-ring (bicyclic) bond motifs is 1. The average Bonchev–Trinajstić information content (AvgIpc) is 3.13. The highest BCUT2D eigenvalue weighted by atomic mass is 16.5. The standard InChI is InChI=1S/C22H25N7O2/c1-28-14-18(19-8-16(9-23)2-3-20(19)28)11-24-10-15-4-6-29(7-5-15)22-25-12-17(13-26-22)21(30)27-31/h2-3,8,12-15,24,31H,4-7,10-11H2,1H3,(H,27,30). The zero-order chi connectivity index (χ0) is 21.8. The van der Waals surface area contributed by atoms with E-state index in [4.69, 9.17) is 5.21 Å². The van der Waals surface area contributed by atoms with Gasteiger partial charge in [-0.05, 0) is 49.1 Å². The maximum Gasteiger partial charge on any atom is 0.277 e. The molecule has 0 aliphatic carbocycles. The van der Waals surface area contributed by atoms with Crippen molar-refractivity contribution >= 4 is 22.8 Å². The zero-order valence-corrected chi connectivity index (χ0v) is 17.4. The first-order valence-corrected chi connectivity index (χ1v) is 10.3. The van der Waals surface area contributed by atoms with E-state index in [0.717, 1.165) is 49.9 Å². The number of hydroxylamine groups is 1. The van der Waals surface area contributed by atoms with Crippen LogP contribution < -0.4 is 15.7 Å². The second-order valence-corrected chi connectivity index (χ2v) is 7.88. The normalized spacial score (nSPS) is 14.5. The Morgan fingerprint density at radius 1 is 1.29 bits per heavy atom. The number of benzene rings is 1. The molecule has 1 aliphatic rings. The first-order valence-electron chi connectivity index (χ1n) is 10.3. The predicted molar refractivity (Wildman–Crippen MR) is 116 cm³/mol. The number of amides is 1. The molecule has 0 spiro atoms. The van der Waals surface area contributed by atoms with E-state index < -0.39 is 5.91 Å².